The van der Waals surface area contributed by atoms with Gasteiger partial charge in [-0.2, -0.15) is 10.4 Å². The lowest BCUT2D eigenvalue weighted by Gasteiger charge is -2.16. The third-order valence-corrected chi connectivity index (χ3v) is 2.84. The molecule has 0 atom stereocenters. The first-order valence-electron chi connectivity index (χ1n) is 6.89. The van der Waals surface area contributed by atoms with Gasteiger partial charge < -0.3 is 5.32 Å². The monoisotopic (exact) mass is 292 g/mol. The molecule has 0 aromatic heterocycles. The maximum atomic E-state index is 12.2. The summed E-state index contributed by atoms with van der Waals surface area (Å²) in [4.78, 5) is 12.2. The number of urea groups is 1. The molecule has 110 valence electrons. The van der Waals surface area contributed by atoms with E-state index in [1.54, 1.807) is 18.3 Å². The first-order chi connectivity index (χ1) is 10.8. The van der Waals surface area contributed by atoms with Crippen LogP contribution in [0.4, 0.5) is 10.5 Å². The number of carbonyl (C=O) groups excluding carboxylic acids is 1. The molecule has 0 fully saturated rings. The predicted molar refractivity (Wildman–Crippen MR) is 86.4 cm³/mol. The van der Waals surface area contributed by atoms with E-state index in [9.17, 15) is 4.79 Å². The molecule has 0 spiro atoms. The number of carbonyl (C=O) groups is 1. The quantitative estimate of drug-likeness (QED) is 0.677. The van der Waals surface area contributed by atoms with Gasteiger partial charge in [0.25, 0.3) is 0 Å². The van der Waals surface area contributed by atoms with Crippen LogP contribution in [0.15, 0.2) is 65.8 Å². The zero-order chi connectivity index (χ0) is 15.6. The van der Waals surface area contributed by atoms with Gasteiger partial charge in [0.2, 0.25) is 0 Å². The second-order valence-electron chi connectivity index (χ2n) is 4.48. The molecule has 22 heavy (non-hydrogen) atoms. The third kappa shape index (κ3) is 4.76. The molecule has 1 N–H and O–H groups in total. The number of nitriles is 1. The first-order valence-corrected chi connectivity index (χ1v) is 6.89. The first kappa shape index (κ1) is 15.3. The number of benzene rings is 2. The van der Waals surface area contributed by atoms with Crippen LogP contribution in [0, 0.1) is 11.3 Å². The van der Waals surface area contributed by atoms with Crippen molar-refractivity contribution < 1.29 is 4.79 Å². The molecule has 2 amide bonds. The minimum absolute atomic E-state index is 0.217. The smallest absolute Gasteiger partial charge is 0.306 e. The molecule has 0 aliphatic carbocycles. The summed E-state index contributed by atoms with van der Waals surface area (Å²) >= 11 is 0. The summed E-state index contributed by atoms with van der Waals surface area (Å²) in [5, 5.41) is 16.9. The van der Waals surface area contributed by atoms with Crippen molar-refractivity contribution in [2.75, 3.05) is 11.9 Å². The highest BCUT2D eigenvalue weighted by atomic mass is 16.2. The van der Waals surface area contributed by atoms with Crippen LogP contribution in [0.25, 0.3) is 0 Å². The molecule has 0 aliphatic rings. The summed E-state index contributed by atoms with van der Waals surface area (Å²) in [6.07, 6.45) is 1.82. The molecule has 0 heterocycles. The normalized spacial score (nSPS) is 10.1. The van der Waals surface area contributed by atoms with Gasteiger partial charge >= 0.3 is 6.03 Å². The molecular formula is C17H16N4O. The van der Waals surface area contributed by atoms with Crippen molar-refractivity contribution in [3.63, 3.8) is 0 Å². The van der Waals surface area contributed by atoms with Crippen LogP contribution in [-0.4, -0.2) is 23.8 Å². The van der Waals surface area contributed by atoms with Crippen LogP contribution in [-0.2, 0) is 0 Å². The van der Waals surface area contributed by atoms with E-state index in [1.165, 1.54) is 5.01 Å². The Labute approximate surface area is 129 Å². The van der Waals surface area contributed by atoms with E-state index >= 15 is 0 Å². The lowest BCUT2D eigenvalue weighted by molar-refractivity contribution is 0.215. The van der Waals surface area contributed by atoms with Crippen molar-refractivity contribution in [2.24, 2.45) is 5.10 Å². The number of nitrogens with zero attached hydrogens (tertiary/aromatic N) is 3. The second kappa shape index (κ2) is 8.22. The fraction of sp³-hybridized carbons (Fsp3) is 0.118. The highest BCUT2D eigenvalue weighted by Gasteiger charge is 2.11. The van der Waals surface area contributed by atoms with E-state index in [1.807, 2.05) is 54.6 Å². The standard InChI is InChI=1S/C17H16N4O/c18-12-7-13-21(19-14-15-8-3-1-4-9-15)17(22)20-16-10-5-2-6-11-16/h1-6,8-11,14H,7,13H2,(H,20,22)/b19-14+. The number of hydrazone groups is 1. The second-order valence-corrected chi connectivity index (χ2v) is 4.48. The number of amides is 2. The number of rotatable bonds is 5. The molecule has 0 radical (unpaired) electrons. The summed E-state index contributed by atoms with van der Waals surface area (Å²) < 4.78 is 0. The fourth-order valence-corrected chi connectivity index (χ4v) is 1.75. The molecule has 0 saturated carbocycles. The van der Waals surface area contributed by atoms with E-state index in [0.29, 0.717) is 5.69 Å². The minimum Gasteiger partial charge on any atom is -0.306 e. The lowest BCUT2D eigenvalue weighted by atomic mass is 10.2. The number of anilines is 1. The highest BCUT2D eigenvalue weighted by molar-refractivity contribution is 5.90. The van der Waals surface area contributed by atoms with Crippen LogP contribution in [0.1, 0.15) is 12.0 Å². The van der Waals surface area contributed by atoms with Gasteiger partial charge in [0.15, 0.2) is 0 Å². The van der Waals surface area contributed by atoms with Gasteiger partial charge in [0.05, 0.1) is 25.2 Å². The van der Waals surface area contributed by atoms with Crippen molar-refractivity contribution in [1.29, 1.82) is 5.26 Å². The minimum atomic E-state index is -0.367. The Hall–Kier alpha value is -3.13. The van der Waals surface area contributed by atoms with Crippen molar-refractivity contribution in [3.8, 4) is 6.07 Å². The zero-order valence-corrected chi connectivity index (χ0v) is 12.0. The third-order valence-electron chi connectivity index (χ3n) is 2.84. The van der Waals surface area contributed by atoms with Gasteiger partial charge in [-0.25, -0.2) is 9.80 Å². The Morgan fingerprint density at radius 1 is 1.14 bits per heavy atom. The van der Waals surface area contributed by atoms with E-state index < -0.39 is 0 Å². The van der Waals surface area contributed by atoms with Crippen molar-refractivity contribution in [2.45, 2.75) is 6.42 Å². The van der Waals surface area contributed by atoms with E-state index in [2.05, 4.69) is 10.4 Å². The van der Waals surface area contributed by atoms with Gasteiger partial charge in [0, 0.05) is 5.69 Å². The summed E-state index contributed by atoms with van der Waals surface area (Å²) in [6, 6.07) is 20.3. The summed E-state index contributed by atoms with van der Waals surface area (Å²) in [7, 11) is 0. The van der Waals surface area contributed by atoms with Crippen LogP contribution >= 0.6 is 0 Å². The average molecular weight is 292 g/mol. The summed E-state index contributed by atoms with van der Waals surface area (Å²) in [5.74, 6) is 0. The van der Waals surface area contributed by atoms with Gasteiger partial charge in [-0.05, 0) is 17.7 Å². The largest absolute Gasteiger partial charge is 0.342 e. The lowest BCUT2D eigenvalue weighted by Crippen LogP contribution is -2.31. The Balaban J connectivity index is 2.06. The number of nitrogens with one attached hydrogen (secondary N) is 1. The Kier molecular flexibility index (Phi) is 5.70. The van der Waals surface area contributed by atoms with E-state index in [4.69, 9.17) is 5.26 Å². The molecular weight excluding hydrogens is 276 g/mol. The molecule has 5 heteroatoms. The maximum absolute atomic E-state index is 12.2. The van der Waals surface area contributed by atoms with Crippen molar-refractivity contribution in [1.82, 2.24) is 5.01 Å². The fourth-order valence-electron chi connectivity index (χ4n) is 1.75. The molecule has 0 bridgehead atoms. The van der Waals surface area contributed by atoms with Crippen molar-refractivity contribution in [3.05, 3.63) is 66.2 Å². The number of hydrogen-bond acceptors (Lipinski definition) is 3. The highest BCUT2D eigenvalue weighted by Crippen LogP contribution is 2.07. The SMILES string of the molecule is N#CCCN(/N=C/c1ccccc1)C(=O)Nc1ccccc1. The predicted octanol–water partition coefficient (Wildman–Crippen LogP) is 3.47. The Morgan fingerprint density at radius 3 is 2.41 bits per heavy atom. The summed E-state index contributed by atoms with van der Waals surface area (Å²) in [5.41, 5.74) is 1.57. The molecule has 0 unspecified atom stereocenters. The van der Waals surface area contributed by atoms with Gasteiger partial charge in [-0.1, -0.05) is 48.5 Å². The van der Waals surface area contributed by atoms with Gasteiger partial charge in [-0.3, -0.25) is 0 Å². The van der Waals surface area contributed by atoms with Crippen LogP contribution in [0.3, 0.4) is 0 Å². The van der Waals surface area contributed by atoms with Gasteiger partial charge in [0.1, 0.15) is 0 Å². The molecule has 2 aromatic rings. The van der Waals surface area contributed by atoms with Crippen LogP contribution in [0.5, 0.6) is 0 Å². The van der Waals surface area contributed by atoms with Crippen LogP contribution < -0.4 is 5.32 Å². The average Bonchev–Trinajstić information content (AvgIpc) is 2.56. The van der Waals surface area contributed by atoms with E-state index in [-0.39, 0.29) is 19.0 Å². The number of para-hydroxylation sites is 1. The van der Waals surface area contributed by atoms with E-state index in [0.717, 1.165) is 5.56 Å². The van der Waals surface area contributed by atoms with Crippen LogP contribution in [0.2, 0.25) is 0 Å². The Morgan fingerprint density at radius 2 is 1.77 bits per heavy atom. The van der Waals surface area contributed by atoms with Gasteiger partial charge in [-0.15, -0.1) is 0 Å². The molecule has 0 saturated heterocycles. The molecule has 2 aromatic carbocycles. The molecule has 2 rings (SSSR count). The maximum Gasteiger partial charge on any atom is 0.342 e. The summed E-state index contributed by atoms with van der Waals surface area (Å²) in [6.45, 7) is 0.235. The zero-order valence-electron chi connectivity index (χ0n) is 12.0. The Bertz CT molecular complexity index is 662. The molecule has 0 aliphatic heterocycles. The van der Waals surface area contributed by atoms with Crippen molar-refractivity contribution >= 4 is 17.9 Å². The molecule has 5 nitrogen and oxygen atoms in total. The topological polar surface area (TPSA) is 68.5 Å². The number of hydrogen-bond donors (Lipinski definition) is 1.